The zero-order chi connectivity index (χ0) is 25.7. The summed E-state index contributed by atoms with van der Waals surface area (Å²) >= 11 is 0. The molecule has 2 atom stereocenters. The molecule has 7 nitrogen and oxygen atoms in total. The number of β-amino-alcohol motifs (C(OH)–C–C–N with tert-alkyl or cyclic N) is 1. The fourth-order valence-corrected chi connectivity index (χ4v) is 4.62. The molecule has 1 saturated heterocycles. The summed E-state index contributed by atoms with van der Waals surface area (Å²) in [6, 6.07) is 24.2. The average Bonchev–Trinajstić information content (AvgIpc) is 2.88. The second kappa shape index (κ2) is 10.9. The predicted molar refractivity (Wildman–Crippen MR) is 138 cm³/mol. The van der Waals surface area contributed by atoms with E-state index in [1.165, 1.54) is 0 Å². The standard InChI is InChI=1S/C29H31N3O4/c1-21-3-7-23(8-4-21)27-18-31(20-29(2,35)24-9-5-22(17-30)6-10-24)19-28(34)32(27)25-11-13-26(14-12-25)36-16-15-33/h3-14,27,33,35H,15-16,18-20H2,1-2H3/t27-,29+/m0/s1. The molecule has 1 amide bonds. The number of hydrogen-bond donors (Lipinski definition) is 2. The van der Waals surface area contributed by atoms with Gasteiger partial charge in [0, 0.05) is 18.8 Å². The van der Waals surface area contributed by atoms with Gasteiger partial charge in [-0.3, -0.25) is 9.69 Å². The molecule has 1 fully saturated rings. The summed E-state index contributed by atoms with van der Waals surface area (Å²) in [6.07, 6.45) is 0. The lowest BCUT2D eigenvalue weighted by Gasteiger charge is -2.43. The van der Waals surface area contributed by atoms with Gasteiger partial charge in [-0.1, -0.05) is 42.0 Å². The van der Waals surface area contributed by atoms with E-state index in [0.717, 1.165) is 16.8 Å². The summed E-state index contributed by atoms with van der Waals surface area (Å²) in [6.45, 7) is 4.89. The molecule has 0 aliphatic carbocycles. The molecule has 0 radical (unpaired) electrons. The van der Waals surface area contributed by atoms with Crippen molar-refractivity contribution in [3.05, 3.63) is 95.1 Å². The molecule has 1 heterocycles. The zero-order valence-corrected chi connectivity index (χ0v) is 20.6. The smallest absolute Gasteiger partial charge is 0.241 e. The molecule has 7 heteroatoms. The minimum Gasteiger partial charge on any atom is -0.491 e. The van der Waals surface area contributed by atoms with Crippen molar-refractivity contribution in [3.8, 4) is 11.8 Å². The zero-order valence-electron chi connectivity index (χ0n) is 20.6. The van der Waals surface area contributed by atoms with Crippen LogP contribution >= 0.6 is 0 Å². The number of aliphatic hydroxyl groups excluding tert-OH is 1. The van der Waals surface area contributed by atoms with Gasteiger partial charge in [-0.05, 0) is 61.4 Å². The van der Waals surface area contributed by atoms with Gasteiger partial charge in [-0.2, -0.15) is 5.26 Å². The molecule has 1 aliphatic rings. The number of carbonyl (C=O) groups excluding carboxylic acids is 1. The van der Waals surface area contributed by atoms with Crippen LogP contribution in [0.1, 0.15) is 35.2 Å². The first kappa shape index (κ1) is 25.4. The summed E-state index contributed by atoms with van der Waals surface area (Å²) < 4.78 is 5.47. The van der Waals surface area contributed by atoms with E-state index in [9.17, 15) is 9.90 Å². The number of nitrogens with zero attached hydrogens (tertiary/aromatic N) is 3. The second-order valence-corrected chi connectivity index (χ2v) is 9.39. The normalized spacial score (nSPS) is 17.9. The first-order valence-electron chi connectivity index (χ1n) is 12.0. The summed E-state index contributed by atoms with van der Waals surface area (Å²) in [7, 11) is 0. The van der Waals surface area contributed by atoms with Crippen molar-refractivity contribution in [2.45, 2.75) is 25.5 Å². The lowest BCUT2D eigenvalue weighted by Crippen LogP contribution is -2.55. The summed E-state index contributed by atoms with van der Waals surface area (Å²) in [5.74, 6) is 0.565. The van der Waals surface area contributed by atoms with Gasteiger partial charge >= 0.3 is 0 Å². The Labute approximate surface area is 211 Å². The highest BCUT2D eigenvalue weighted by molar-refractivity contribution is 5.96. The molecule has 0 aromatic heterocycles. The van der Waals surface area contributed by atoms with Gasteiger partial charge in [0.05, 0.1) is 36.4 Å². The van der Waals surface area contributed by atoms with Crippen LogP contribution in [0.2, 0.25) is 0 Å². The number of benzene rings is 3. The minimum absolute atomic E-state index is 0.0634. The number of piperazine rings is 1. The maximum absolute atomic E-state index is 13.5. The quantitative estimate of drug-likeness (QED) is 0.507. The van der Waals surface area contributed by atoms with Crippen LogP contribution in [0.5, 0.6) is 5.75 Å². The van der Waals surface area contributed by atoms with Crippen LogP contribution in [0.4, 0.5) is 5.69 Å². The number of carbonyl (C=O) groups is 1. The van der Waals surface area contributed by atoms with Crippen LogP contribution < -0.4 is 9.64 Å². The number of ether oxygens (including phenoxy) is 1. The molecule has 36 heavy (non-hydrogen) atoms. The number of amides is 1. The Morgan fingerprint density at radius 1 is 1.06 bits per heavy atom. The van der Waals surface area contributed by atoms with Crippen molar-refractivity contribution < 1.29 is 19.7 Å². The largest absolute Gasteiger partial charge is 0.491 e. The second-order valence-electron chi connectivity index (χ2n) is 9.39. The number of anilines is 1. The Kier molecular flexibility index (Phi) is 7.70. The van der Waals surface area contributed by atoms with Crippen LogP contribution in [0, 0.1) is 18.3 Å². The van der Waals surface area contributed by atoms with Crippen molar-refractivity contribution in [2.75, 3.05) is 37.7 Å². The maximum Gasteiger partial charge on any atom is 0.241 e. The lowest BCUT2D eigenvalue weighted by molar-refractivity contribution is -0.123. The summed E-state index contributed by atoms with van der Waals surface area (Å²) in [5, 5.41) is 29.3. The minimum atomic E-state index is -1.19. The average molecular weight is 486 g/mol. The maximum atomic E-state index is 13.5. The van der Waals surface area contributed by atoms with E-state index < -0.39 is 5.60 Å². The Morgan fingerprint density at radius 2 is 1.72 bits per heavy atom. The molecule has 0 unspecified atom stereocenters. The first-order valence-corrected chi connectivity index (χ1v) is 12.0. The number of aryl methyl sites for hydroxylation is 1. The molecule has 186 valence electrons. The Hall–Kier alpha value is -3.70. The number of hydrogen-bond acceptors (Lipinski definition) is 6. The number of aliphatic hydroxyl groups is 2. The highest BCUT2D eigenvalue weighted by Gasteiger charge is 2.37. The molecule has 3 aromatic carbocycles. The summed E-state index contributed by atoms with van der Waals surface area (Å²) in [4.78, 5) is 17.3. The van der Waals surface area contributed by atoms with E-state index in [1.54, 1.807) is 43.3 Å². The molecule has 1 aliphatic heterocycles. The van der Waals surface area contributed by atoms with Gasteiger partial charge in [0.1, 0.15) is 12.4 Å². The molecule has 0 bridgehead atoms. The highest BCUT2D eigenvalue weighted by Crippen LogP contribution is 2.34. The lowest BCUT2D eigenvalue weighted by atomic mass is 9.93. The monoisotopic (exact) mass is 485 g/mol. The van der Waals surface area contributed by atoms with Crippen molar-refractivity contribution >= 4 is 11.6 Å². The van der Waals surface area contributed by atoms with Crippen LogP contribution in [-0.2, 0) is 10.4 Å². The Bertz CT molecular complexity index is 1220. The third-order valence-corrected chi connectivity index (χ3v) is 6.47. The van der Waals surface area contributed by atoms with Gasteiger partial charge < -0.3 is 19.8 Å². The summed E-state index contributed by atoms with van der Waals surface area (Å²) in [5.41, 5.74) is 2.95. The highest BCUT2D eigenvalue weighted by atomic mass is 16.5. The van der Waals surface area contributed by atoms with Crippen molar-refractivity contribution in [1.29, 1.82) is 5.26 Å². The number of nitriles is 1. The SMILES string of the molecule is Cc1ccc([C@@H]2CN(C[C@@](C)(O)c3ccc(C#N)cc3)CC(=O)N2c2ccc(OCCO)cc2)cc1. The van der Waals surface area contributed by atoms with Gasteiger partial charge in [-0.25, -0.2) is 0 Å². The van der Waals surface area contributed by atoms with Gasteiger partial charge in [-0.15, -0.1) is 0 Å². The van der Waals surface area contributed by atoms with Crippen molar-refractivity contribution in [1.82, 2.24) is 4.90 Å². The van der Waals surface area contributed by atoms with E-state index in [1.807, 2.05) is 53.1 Å². The molecule has 0 spiro atoms. The molecule has 4 rings (SSSR count). The third kappa shape index (κ3) is 5.74. The van der Waals surface area contributed by atoms with Crippen LogP contribution in [0.25, 0.3) is 0 Å². The van der Waals surface area contributed by atoms with Crippen LogP contribution in [0.15, 0.2) is 72.8 Å². The fourth-order valence-electron chi connectivity index (χ4n) is 4.62. The van der Waals surface area contributed by atoms with Gasteiger partial charge in [0.15, 0.2) is 0 Å². The fraction of sp³-hybridized carbons (Fsp3) is 0.310. The third-order valence-electron chi connectivity index (χ3n) is 6.47. The van der Waals surface area contributed by atoms with Gasteiger partial charge in [0.25, 0.3) is 0 Å². The van der Waals surface area contributed by atoms with E-state index >= 15 is 0 Å². The molecule has 2 N–H and O–H groups in total. The van der Waals surface area contributed by atoms with E-state index in [2.05, 4.69) is 6.07 Å². The molecule has 3 aromatic rings. The van der Waals surface area contributed by atoms with Crippen molar-refractivity contribution in [3.63, 3.8) is 0 Å². The molecular formula is C29H31N3O4. The predicted octanol–water partition coefficient (Wildman–Crippen LogP) is 3.54. The van der Waals surface area contributed by atoms with E-state index in [4.69, 9.17) is 15.1 Å². The van der Waals surface area contributed by atoms with E-state index in [-0.39, 0.29) is 38.3 Å². The Balaban J connectivity index is 1.60. The Morgan fingerprint density at radius 3 is 2.33 bits per heavy atom. The molecule has 0 saturated carbocycles. The molecular weight excluding hydrogens is 454 g/mol. The number of rotatable bonds is 8. The topological polar surface area (TPSA) is 97.0 Å². The van der Waals surface area contributed by atoms with E-state index in [0.29, 0.717) is 23.4 Å². The first-order chi connectivity index (χ1) is 17.3. The van der Waals surface area contributed by atoms with Crippen LogP contribution in [0.3, 0.4) is 0 Å². The van der Waals surface area contributed by atoms with Crippen LogP contribution in [-0.4, -0.2) is 53.9 Å². The van der Waals surface area contributed by atoms with Gasteiger partial charge in [0.2, 0.25) is 5.91 Å². The van der Waals surface area contributed by atoms with Crippen molar-refractivity contribution in [2.24, 2.45) is 0 Å².